The van der Waals surface area contributed by atoms with Gasteiger partial charge in [0.05, 0.1) is 5.56 Å². The summed E-state index contributed by atoms with van der Waals surface area (Å²) in [5, 5.41) is 5.91. The van der Waals surface area contributed by atoms with Crippen molar-refractivity contribution in [3.8, 4) is 11.4 Å². The molecule has 1 amide bonds. The first kappa shape index (κ1) is 25.8. The van der Waals surface area contributed by atoms with Gasteiger partial charge in [0.2, 0.25) is 0 Å². The van der Waals surface area contributed by atoms with Crippen molar-refractivity contribution in [2.24, 2.45) is 7.05 Å². The van der Waals surface area contributed by atoms with E-state index >= 15 is 4.39 Å². The van der Waals surface area contributed by atoms with Crippen LogP contribution < -0.4 is 15.7 Å². The number of nitrogens with zero attached hydrogens (tertiary/aromatic N) is 3. The molecule has 1 atom stereocenters. The second-order valence-electron chi connectivity index (χ2n) is 7.76. The summed E-state index contributed by atoms with van der Waals surface area (Å²) in [5.74, 6) is -5.60. The van der Waals surface area contributed by atoms with Gasteiger partial charge in [0.15, 0.2) is 6.10 Å². The average molecular weight is 502 g/mol. The van der Waals surface area contributed by atoms with Crippen molar-refractivity contribution in [3.63, 3.8) is 0 Å². The van der Waals surface area contributed by atoms with Crippen LogP contribution in [0.15, 0.2) is 35.1 Å². The summed E-state index contributed by atoms with van der Waals surface area (Å²) < 4.78 is 89.1. The molecule has 0 aliphatic heterocycles. The topological polar surface area (TPSA) is 78.2 Å². The number of ether oxygens (including phenoxy) is 1. The number of anilines is 1. The minimum atomic E-state index is -3.33. The Labute approximate surface area is 194 Å². The molecule has 3 rings (SSSR count). The number of carbonyl (C=O) groups is 1. The van der Waals surface area contributed by atoms with E-state index in [0.29, 0.717) is 16.8 Å². The Bertz CT molecular complexity index is 1280. The lowest BCUT2D eigenvalue weighted by Crippen LogP contribution is -2.29. The molecule has 188 valence electrons. The Hall–Kier alpha value is -3.77. The van der Waals surface area contributed by atoms with Gasteiger partial charge in [-0.1, -0.05) is 19.9 Å². The number of halogens is 6. The first-order valence-electron chi connectivity index (χ1n) is 10.2. The number of rotatable bonds is 8. The largest absolute Gasteiger partial charge is 0.481 e. The second kappa shape index (κ2) is 10.2. The molecule has 0 saturated carbocycles. The predicted octanol–water partition coefficient (Wildman–Crippen LogP) is 4.35. The van der Waals surface area contributed by atoms with Crippen molar-refractivity contribution < 1.29 is 35.9 Å². The summed E-state index contributed by atoms with van der Waals surface area (Å²) >= 11 is 0. The van der Waals surface area contributed by atoms with Gasteiger partial charge in [-0.3, -0.25) is 9.36 Å². The van der Waals surface area contributed by atoms with Gasteiger partial charge in [0.25, 0.3) is 12.3 Å². The van der Waals surface area contributed by atoms with E-state index in [2.05, 4.69) is 5.10 Å². The SMILES string of the molecule is CC(C)c1nn(-c2cc(O[C@@H](CF)C(F)F)c(C(=O)Nc3c(F)cccc3F)cc2F)c(=O)n1C. The number of aromatic nitrogens is 3. The van der Waals surface area contributed by atoms with E-state index in [4.69, 9.17) is 4.74 Å². The van der Waals surface area contributed by atoms with E-state index in [1.54, 1.807) is 13.8 Å². The minimum absolute atomic E-state index is 0.247. The fourth-order valence-electron chi connectivity index (χ4n) is 3.20. The molecule has 0 aliphatic rings. The predicted molar refractivity (Wildman–Crippen MR) is 114 cm³/mol. The van der Waals surface area contributed by atoms with Gasteiger partial charge in [-0.05, 0) is 18.2 Å². The van der Waals surface area contributed by atoms with Gasteiger partial charge in [-0.2, -0.15) is 4.68 Å². The van der Waals surface area contributed by atoms with Gasteiger partial charge in [0, 0.05) is 19.0 Å². The van der Waals surface area contributed by atoms with Gasteiger partial charge in [-0.15, -0.1) is 5.10 Å². The first-order chi connectivity index (χ1) is 16.5. The minimum Gasteiger partial charge on any atom is -0.481 e. The molecule has 13 heteroatoms. The van der Waals surface area contributed by atoms with Gasteiger partial charge in [0.1, 0.15) is 47.1 Å². The third-order valence-electron chi connectivity index (χ3n) is 4.97. The Kier molecular flexibility index (Phi) is 7.56. The first-order valence-corrected chi connectivity index (χ1v) is 10.2. The lowest BCUT2D eigenvalue weighted by molar-refractivity contribution is -0.00158. The fourth-order valence-corrected chi connectivity index (χ4v) is 3.20. The molecule has 0 unspecified atom stereocenters. The van der Waals surface area contributed by atoms with Crippen molar-refractivity contribution in [2.45, 2.75) is 32.3 Å². The summed E-state index contributed by atoms with van der Waals surface area (Å²) in [4.78, 5) is 25.3. The molecule has 0 spiro atoms. The van der Waals surface area contributed by atoms with Crippen LogP contribution in [0, 0.1) is 17.5 Å². The molecule has 3 aromatic rings. The standard InChI is InChI=1S/C22H20F6N4O3/c1-10(2)20-30-32(22(34)31(20)3)15-8-16(35-17(9-23)19(27)28)11(7-14(15)26)21(33)29-18-12(24)5-4-6-13(18)25/h4-8,10,17,19H,9H2,1-3H3,(H,29,33)/t17-/m0/s1. The number of para-hydroxylation sites is 1. The van der Waals surface area contributed by atoms with Crippen LogP contribution >= 0.6 is 0 Å². The van der Waals surface area contributed by atoms with E-state index in [-0.39, 0.29) is 11.7 Å². The zero-order valence-electron chi connectivity index (χ0n) is 18.7. The molecule has 0 radical (unpaired) electrons. The fraction of sp³-hybridized carbons (Fsp3) is 0.318. The lowest BCUT2D eigenvalue weighted by atomic mass is 10.1. The van der Waals surface area contributed by atoms with Crippen LogP contribution in [0.4, 0.5) is 32.0 Å². The molecule has 0 aliphatic carbocycles. The number of nitrogens with one attached hydrogen (secondary N) is 1. The van der Waals surface area contributed by atoms with Crippen LogP contribution in [0.1, 0.15) is 35.9 Å². The zero-order valence-corrected chi connectivity index (χ0v) is 18.7. The number of hydrogen-bond acceptors (Lipinski definition) is 4. The van der Waals surface area contributed by atoms with E-state index in [1.807, 2.05) is 5.32 Å². The Morgan fingerprint density at radius 3 is 2.26 bits per heavy atom. The molecule has 0 bridgehead atoms. The monoisotopic (exact) mass is 502 g/mol. The number of carbonyl (C=O) groups excluding carboxylic acids is 1. The van der Waals surface area contributed by atoms with Crippen LogP contribution in [0.5, 0.6) is 5.75 Å². The molecular weight excluding hydrogens is 482 g/mol. The summed E-state index contributed by atoms with van der Waals surface area (Å²) in [6, 6.07) is 3.94. The van der Waals surface area contributed by atoms with Crippen molar-refractivity contribution in [2.75, 3.05) is 12.0 Å². The van der Waals surface area contributed by atoms with E-state index in [1.165, 1.54) is 7.05 Å². The number of amides is 1. The van der Waals surface area contributed by atoms with Gasteiger partial charge >= 0.3 is 5.69 Å². The third kappa shape index (κ3) is 5.17. The van der Waals surface area contributed by atoms with E-state index in [9.17, 15) is 31.5 Å². The number of benzene rings is 2. The van der Waals surface area contributed by atoms with Crippen molar-refractivity contribution >= 4 is 11.6 Å². The van der Waals surface area contributed by atoms with Gasteiger partial charge < -0.3 is 10.1 Å². The van der Waals surface area contributed by atoms with Crippen LogP contribution in [0.2, 0.25) is 0 Å². The van der Waals surface area contributed by atoms with Crippen molar-refractivity contribution in [3.05, 3.63) is 69.7 Å². The summed E-state index contributed by atoms with van der Waals surface area (Å²) in [6.07, 6.45) is -5.68. The maximum Gasteiger partial charge on any atom is 0.350 e. The highest BCUT2D eigenvalue weighted by Crippen LogP contribution is 2.29. The quantitative estimate of drug-likeness (QED) is 0.465. The normalized spacial score (nSPS) is 12.3. The second-order valence-corrected chi connectivity index (χ2v) is 7.76. The highest BCUT2D eigenvalue weighted by Gasteiger charge is 2.28. The molecule has 0 fully saturated rings. The van der Waals surface area contributed by atoms with Crippen LogP contribution in [-0.2, 0) is 7.05 Å². The summed E-state index contributed by atoms with van der Waals surface area (Å²) in [5.41, 5.74) is -3.03. The maximum absolute atomic E-state index is 15.1. The van der Waals surface area contributed by atoms with Crippen molar-refractivity contribution in [1.82, 2.24) is 14.3 Å². The molecule has 1 aromatic heterocycles. The summed E-state index contributed by atoms with van der Waals surface area (Å²) in [6.45, 7) is 1.77. The Balaban J connectivity index is 2.16. The molecule has 0 saturated heterocycles. The van der Waals surface area contributed by atoms with E-state index in [0.717, 1.165) is 22.8 Å². The van der Waals surface area contributed by atoms with Crippen LogP contribution in [0.25, 0.3) is 5.69 Å². The number of hydrogen-bond donors (Lipinski definition) is 1. The van der Waals surface area contributed by atoms with Crippen LogP contribution in [-0.4, -0.2) is 39.5 Å². The molecule has 2 aromatic carbocycles. The van der Waals surface area contributed by atoms with Crippen LogP contribution in [0.3, 0.4) is 0 Å². The number of alkyl halides is 3. The molecule has 7 nitrogen and oxygen atoms in total. The highest BCUT2D eigenvalue weighted by atomic mass is 19.3. The highest BCUT2D eigenvalue weighted by molar-refractivity contribution is 6.06. The molecule has 1 N–H and O–H groups in total. The lowest BCUT2D eigenvalue weighted by Gasteiger charge is -2.19. The summed E-state index contributed by atoms with van der Waals surface area (Å²) in [7, 11) is 1.39. The van der Waals surface area contributed by atoms with Gasteiger partial charge in [-0.25, -0.2) is 31.1 Å². The smallest absolute Gasteiger partial charge is 0.350 e. The molecule has 1 heterocycles. The Morgan fingerprint density at radius 2 is 1.74 bits per heavy atom. The maximum atomic E-state index is 15.1. The van der Waals surface area contributed by atoms with Crippen molar-refractivity contribution in [1.29, 1.82) is 0 Å². The molecular formula is C22H20F6N4O3. The average Bonchev–Trinajstić information content (AvgIpc) is 3.09. The molecule has 35 heavy (non-hydrogen) atoms. The Morgan fingerprint density at radius 1 is 1.11 bits per heavy atom. The van der Waals surface area contributed by atoms with E-state index < -0.39 is 70.9 Å². The zero-order chi connectivity index (χ0) is 26.0. The third-order valence-corrected chi connectivity index (χ3v) is 4.97.